The predicted octanol–water partition coefficient (Wildman–Crippen LogP) is 0.954. The van der Waals surface area contributed by atoms with Crippen molar-refractivity contribution in [3.63, 3.8) is 0 Å². The van der Waals surface area contributed by atoms with Crippen molar-refractivity contribution in [1.82, 2.24) is 10.5 Å². The largest absolute Gasteiger partial charge is 0.364 e. The van der Waals surface area contributed by atoms with Crippen molar-refractivity contribution in [2.45, 2.75) is 25.3 Å². The monoisotopic (exact) mass is 245 g/mol. The molecule has 2 unspecified atom stereocenters. The van der Waals surface area contributed by atoms with Gasteiger partial charge >= 0.3 is 0 Å². The molecule has 1 aromatic heterocycles. The van der Waals surface area contributed by atoms with Crippen molar-refractivity contribution in [2.24, 2.45) is 11.7 Å². The molecule has 1 saturated carbocycles. The highest BCUT2D eigenvalue weighted by Crippen LogP contribution is 2.24. The molecule has 1 aromatic rings. The Hall–Kier alpha value is -1.07. The number of nitrogens with zero attached hydrogens (tertiary/aromatic N) is 1. The van der Waals surface area contributed by atoms with Crippen LogP contribution in [0.15, 0.2) is 16.9 Å². The van der Waals surface area contributed by atoms with Crippen LogP contribution < -0.4 is 11.1 Å². The number of hydrogen-bond acceptors (Lipinski definition) is 4. The van der Waals surface area contributed by atoms with Crippen LogP contribution in [-0.4, -0.2) is 23.7 Å². The van der Waals surface area contributed by atoms with Gasteiger partial charge in [0.2, 0.25) is 0 Å². The van der Waals surface area contributed by atoms with Gasteiger partial charge in [-0.2, -0.15) is 0 Å². The minimum Gasteiger partial charge on any atom is -0.364 e. The first-order valence-corrected chi connectivity index (χ1v) is 5.22. The van der Waals surface area contributed by atoms with Gasteiger partial charge < -0.3 is 15.6 Å². The SMILES string of the molecule is Cl.NCC1CCCC1NC(=O)c1ccon1. The number of rotatable bonds is 3. The first-order valence-electron chi connectivity index (χ1n) is 5.22. The zero-order chi connectivity index (χ0) is 10.7. The maximum absolute atomic E-state index is 11.6. The molecule has 1 aliphatic carbocycles. The zero-order valence-corrected chi connectivity index (χ0v) is 9.70. The molecule has 0 aromatic carbocycles. The van der Waals surface area contributed by atoms with Crippen molar-refractivity contribution in [3.8, 4) is 0 Å². The van der Waals surface area contributed by atoms with Crippen molar-refractivity contribution in [1.29, 1.82) is 0 Å². The number of aromatic nitrogens is 1. The van der Waals surface area contributed by atoms with Crippen molar-refractivity contribution >= 4 is 18.3 Å². The van der Waals surface area contributed by atoms with Gasteiger partial charge in [0.1, 0.15) is 6.26 Å². The van der Waals surface area contributed by atoms with E-state index in [2.05, 4.69) is 15.0 Å². The summed E-state index contributed by atoms with van der Waals surface area (Å²) in [6.45, 7) is 0.629. The van der Waals surface area contributed by atoms with E-state index >= 15 is 0 Å². The number of amides is 1. The van der Waals surface area contributed by atoms with E-state index in [0.717, 1.165) is 19.3 Å². The number of nitrogens with one attached hydrogen (secondary N) is 1. The van der Waals surface area contributed by atoms with Crippen LogP contribution in [0.5, 0.6) is 0 Å². The summed E-state index contributed by atoms with van der Waals surface area (Å²) in [7, 11) is 0. The highest BCUT2D eigenvalue weighted by molar-refractivity contribution is 5.92. The molecule has 0 radical (unpaired) electrons. The lowest BCUT2D eigenvalue weighted by Gasteiger charge is -2.18. The lowest BCUT2D eigenvalue weighted by atomic mass is 10.0. The van der Waals surface area contributed by atoms with Gasteiger partial charge in [-0.25, -0.2) is 0 Å². The standard InChI is InChI=1S/C10H15N3O2.ClH/c11-6-7-2-1-3-8(7)12-10(14)9-4-5-15-13-9;/h4-5,7-8H,1-3,6,11H2,(H,12,14);1H. The van der Waals surface area contributed by atoms with E-state index in [1.54, 1.807) is 6.07 Å². The molecule has 3 N–H and O–H groups in total. The smallest absolute Gasteiger partial charge is 0.273 e. The molecule has 1 heterocycles. The lowest BCUT2D eigenvalue weighted by Crippen LogP contribution is -2.39. The Labute approximate surface area is 100 Å². The molecule has 1 amide bonds. The van der Waals surface area contributed by atoms with Gasteiger partial charge in [0, 0.05) is 12.1 Å². The Bertz CT molecular complexity index is 329. The van der Waals surface area contributed by atoms with E-state index < -0.39 is 0 Å². The maximum Gasteiger partial charge on any atom is 0.273 e. The molecule has 90 valence electrons. The van der Waals surface area contributed by atoms with Gasteiger partial charge in [-0.3, -0.25) is 4.79 Å². The number of halogens is 1. The van der Waals surface area contributed by atoms with Gasteiger partial charge in [-0.05, 0) is 25.3 Å². The summed E-state index contributed by atoms with van der Waals surface area (Å²) in [6, 6.07) is 1.75. The van der Waals surface area contributed by atoms with Crippen LogP contribution in [0, 0.1) is 5.92 Å². The van der Waals surface area contributed by atoms with Crippen LogP contribution in [0.2, 0.25) is 0 Å². The molecule has 16 heavy (non-hydrogen) atoms. The highest BCUT2D eigenvalue weighted by atomic mass is 35.5. The normalized spacial score (nSPS) is 23.8. The van der Waals surface area contributed by atoms with Crippen LogP contribution in [0.25, 0.3) is 0 Å². The molecule has 6 heteroatoms. The number of nitrogens with two attached hydrogens (primary N) is 1. The second-order valence-corrected chi connectivity index (χ2v) is 3.89. The Morgan fingerprint density at radius 1 is 1.62 bits per heavy atom. The van der Waals surface area contributed by atoms with Gasteiger partial charge in [0.15, 0.2) is 5.69 Å². The van der Waals surface area contributed by atoms with Crippen LogP contribution >= 0.6 is 12.4 Å². The first kappa shape index (κ1) is 13.0. The average Bonchev–Trinajstić information content (AvgIpc) is 2.87. The van der Waals surface area contributed by atoms with Crippen molar-refractivity contribution in [2.75, 3.05) is 6.54 Å². The Kier molecular flexibility index (Phi) is 4.76. The molecular weight excluding hydrogens is 230 g/mol. The fraction of sp³-hybridized carbons (Fsp3) is 0.600. The minimum atomic E-state index is -0.172. The predicted molar refractivity (Wildman–Crippen MR) is 61.4 cm³/mol. The summed E-state index contributed by atoms with van der Waals surface area (Å²) >= 11 is 0. The molecule has 2 atom stereocenters. The number of carbonyl (C=O) groups excluding carboxylic acids is 1. The second-order valence-electron chi connectivity index (χ2n) is 3.89. The van der Waals surface area contributed by atoms with Gasteiger partial charge in [0.25, 0.3) is 5.91 Å². The summed E-state index contributed by atoms with van der Waals surface area (Å²) in [5, 5.41) is 6.53. The Balaban J connectivity index is 0.00000128. The van der Waals surface area contributed by atoms with E-state index in [0.29, 0.717) is 18.2 Å². The van der Waals surface area contributed by atoms with E-state index in [1.165, 1.54) is 6.26 Å². The van der Waals surface area contributed by atoms with Gasteiger partial charge in [-0.15, -0.1) is 12.4 Å². The van der Waals surface area contributed by atoms with Gasteiger partial charge in [0.05, 0.1) is 0 Å². The van der Waals surface area contributed by atoms with E-state index in [1.807, 2.05) is 0 Å². The summed E-state index contributed by atoms with van der Waals surface area (Å²) in [6.07, 6.45) is 4.63. The van der Waals surface area contributed by atoms with E-state index in [-0.39, 0.29) is 24.4 Å². The molecule has 2 rings (SSSR count). The zero-order valence-electron chi connectivity index (χ0n) is 8.89. The fourth-order valence-electron chi connectivity index (χ4n) is 2.08. The molecular formula is C10H16ClN3O2. The highest BCUT2D eigenvalue weighted by Gasteiger charge is 2.28. The minimum absolute atomic E-state index is 0. The molecule has 0 bridgehead atoms. The molecule has 1 fully saturated rings. The number of carbonyl (C=O) groups is 1. The van der Waals surface area contributed by atoms with Gasteiger partial charge in [-0.1, -0.05) is 11.6 Å². The molecule has 0 aliphatic heterocycles. The van der Waals surface area contributed by atoms with E-state index in [9.17, 15) is 4.79 Å². The Morgan fingerprint density at radius 2 is 2.44 bits per heavy atom. The molecule has 1 aliphatic rings. The summed E-state index contributed by atoms with van der Waals surface area (Å²) in [4.78, 5) is 11.6. The van der Waals surface area contributed by atoms with Crippen LogP contribution in [-0.2, 0) is 0 Å². The second kappa shape index (κ2) is 5.86. The third-order valence-corrected chi connectivity index (χ3v) is 2.95. The average molecular weight is 246 g/mol. The summed E-state index contributed by atoms with van der Waals surface area (Å²) in [5.41, 5.74) is 5.96. The van der Waals surface area contributed by atoms with Crippen LogP contribution in [0.1, 0.15) is 29.8 Å². The topological polar surface area (TPSA) is 81.1 Å². The fourth-order valence-corrected chi connectivity index (χ4v) is 2.08. The molecule has 5 nitrogen and oxygen atoms in total. The Morgan fingerprint density at radius 3 is 3.06 bits per heavy atom. The first-order chi connectivity index (χ1) is 7.31. The van der Waals surface area contributed by atoms with E-state index in [4.69, 9.17) is 5.73 Å². The maximum atomic E-state index is 11.6. The van der Waals surface area contributed by atoms with Crippen LogP contribution in [0.4, 0.5) is 0 Å². The quantitative estimate of drug-likeness (QED) is 0.831. The molecule has 0 spiro atoms. The lowest BCUT2D eigenvalue weighted by molar-refractivity contribution is 0.0919. The number of hydrogen-bond donors (Lipinski definition) is 2. The third kappa shape index (κ3) is 2.74. The third-order valence-electron chi connectivity index (χ3n) is 2.95. The summed E-state index contributed by atoms with van der Waals surface area (Å²) in [5.74, 6) is 0.231. The summed E-state index contributed by atoms with van der Waals surface area (Å²) < 4.78 is 4.62. The van der Waals surface area contributed by atoms with Crippen molar-refractivity contribution in [3.05, 3.63) is 18.0 Å². The molecule has 0 saturated heterocycles. The van der Waals surface area contributed by atoms with Crippen LogP contribution in [0.3, 0.4) is 0 Å². The van der Waals surface area contributed by atoms with Crippen molar-refractivity contribution < 1.29 is 9.32 Å².